The fourth-order valence-corrected chi connectivity index (χ4v) is 4.84. The SMILES string of the molecule is COc1ccc(CNC(=O)CN(c2ccccc2C)S(=O)(=O)c2ccc(C)cc2)cc1OC. The van der Waals surface area contributed by atoms with Gasteiger partial charge in [-0.15, -0.1) is 0 Å². The number of aryl methyl sites for hydroxylation is 2. The Bertz CT molecular complexity index is 1220. The van der Waals surface area contributed by atoms with E-state index in [9.17, 15) is 13.2 Å². The number of ether oxygens (including phenoxy) is 2. The molecule has 0 atom stereocenters. The van der Waals surface area contributed by atoms with Crippen molar-refractivity contribution in [2.24, 2.45) is 0 Å². The van der Waals surface area contributed by atoms with Crippen LogP contribution in [0.4, 0.5) is 5.69 Å². The quantitative estimate of drug-likeness (QED) is 0.516. The molecule has 0 fully saturated rings. The number of sulfonamides is 1. The Morgan fingerprint density at radius 3 is 2.21 bits per heavy atom. The van der Waals surface area contributed by atoms with Crippen molar-refractivity contribution in [3.05, 3.63) is 83.4 Å². The maximum atomic E-state index is 13.5. The fourth-order valence-electron chi connectivity index (χ4n) is 3.36. The van der Waals surface area contributed by atoms with Crippen molar-refractivity contribution in [1.29, 1.82) is 0 Å². The molecule has 0 aliphatic rings. The average molecular weight is 469 g/mol. The summed E-state index contributed by atoms with van der Waals surface area (Å²) in [4.78, 5) is 13.0. The van der Waals surface area contributed by atoms with Gasteiger partial charge in [0.25, 0.3) is 10.0 Å². The highest BCUT2D eigenvalue weighted by Crippen LogP contribution is 2.28. The van der Waals surface area contributed by atoms with Gasteiger partial charge in [-0.25, -0.2) is 8.42 Å². The number of carbonyl (C=O) groups excluding carboxylic acids is 1. The number of rotatable bonds is 9. The first kappa shape index (κ1) is 24.1. The number of hydrogen-bond donors (Lipinski definition) is 1. The van der Waals surface area contributed by atoms with Crippen molar-refractivity contribution >= 4 is 21.6 Å². The van der Waals surface area contributed by atoms with Crippen LogP contribution in [0.25, 0.3) is 0 Å². The van der Waals surface area contributed by atoms with E-state index in [1.165, 1.54) is 7.11 Å². The first-order chi connectivity index (χ1) is 15.8. The maximum absolute atomic E-state index is 13.5. The molecule has 1 amide bonds. The number of methoxy groups -OCH3 is 2. The molecule has 8 heteroatoms. The highest BCUT2D eigenvalue weighted by Gasteiger charge is 2.28. The molecule has 0 saturated carbocycles. The number of hydrogen-bond acceptors (Lipinski definition) is 5. The molecule has 1 N–H and O–H groups in total. The number of carbonyl (C=O) groups is 1. The molecule has 0 unspecified atom stereocenters. The average Bonchev–Trinajstić information content (AvgIpc) is 2.81. The Hall–Kier alpha value is -3.52. The van der Waals surface area contributed by atoms with Crippen LogP contribution in [0.2, 0.25) is 0 Å². The van der Waals surface area contributed by atoms with Crippen LogP contribution in [0.3, 0.4) is 0 Å². The van der Waals surface area contributed by atoms with Crippen molar-refractivity contribution in [3.8, 4) is 11.5 Å². The van der Waals surface area contributed by atoms with Gasteiger partial charge in [0, 0.05) is 6.54 Å². The first-order valence-electron chi connectivity index (χ1n) is 10.4. The zero-order chi connectivity index (χ0) is 24.0. The Morgan fingerprint density at radius 1 is 0.909 bits per heavy atom. The highest BCUT2D eigenvalue weighted by molar-refractivity contribution is 7.92. The van der Waals surface area contributed by atoms with Crippen molar-refractivity contribution < 1.29 is 22.7 Å². The molecule has 3 aromatic carbocycles. The third kappa shape index (κ3) is 5.64. The van der Waals surface area contributed by atoms with E-state index in [1.54, 1.807) is 55.6 Å². The molecule has 174 valence electrons. The highest BCUT2D eigenvalue weighted by atomic mass is 32.2. The van der Waals surface area contributed by atoms with Crippen molar-refractivity contribution in [1.82, 2.24) is 5.32 Å². The van der Waals surface area contributed by atoms with E-state index in [2.05, 4.69) is 5.32 Å². The fraction of sp³-hybridized carbons (Fsp3) is 0.240. The minimum atomic E-state index is -3.96. The molecule has 0 bridgehead atoms. The van der Waals surface area contributed by atoms with E-state index in [0.717, 1.165) is 21.0 Å². The number of nitrogens with one attached hydrogen (secondary N) is 1. The Labute approximate surface area is 195 Å². The second-order valence-electron chi connectivity index (χ2n) is 7.58. The number of anilines is 1. The van der Waals surface area contributed by atoms with Crippen molar-refractivity contribution in [2.75, 3.05) is 25.1 Å². The van der Waals surface area contributed by atoms with E-state index in [1.807, 2.05) is 32.0 Å². The summed E-state index contributed by atoms with van der Waals surface area (Å²) < 4.78 is 38.6. The van der Waals surface area contributed by atoms with Gasteiger partial charge in [-0.1, -0.05) is 42.0 Å². The monoisotopic (exact) mass is 468 g/mol. The van der Waals surface area contributed by atoms with E-state index in [0.29, 0.717) is 17.2 Å². The summed E-state index contributed by atoms with van der Waals surface area (Å²) >= 11 is 0. The summed E-state index contributed by atoms with van der Waals surface area (Å²) in [5.74, 6) is 0.707. The lowest BCUT2D eigenvalue weighted by Crippen LogP contribution is -2.41. The van der Waals surface area contributed by atoms with Crippen LogP contribution < -0.4 is 19.1 Å². The molecule has 0 aliphatic carbocycles. The number of nitrogens with zero attached hydrogens (tertiary/aromatic N) is 1. The van der Waals surface area contributed by atoms with Crippen LogP contribution in [0.5, 0.6) is 11.5 Å². The summed E-state index contributed by atoms with van der Waals surface area (Å²) in [5.41, 5.74) is 2.95. The lowest BCUT2D eigenvalue weighted by Gasteiger charge is -2.25. The molecule has 3 rings (SSSR count). The van der Waals surface area contributed by atoms with Gasteiger partial charge in [0.15, 0.2) is 11.5 Å². The lowest BCUT2D eigenvalue weighted by molar-refractivity contribution is -0.119. The van der Waals surface area contributed by atoms with Crippen LogP contribution in [-0.4, -0.2) is 35.1 Å². The first-order valence-corrected chi connectivity index (χ1v) is 11.8. The van der Waals surface area contributed by atoms with Crippen LogP contribution in [0.1, 0.15) is 16.7 Å². The minimum Gasteiger partial charge on any atom is -0.493 e. The molecule has 3 aromatic rings. The van der Waals surface area contributed by atoms with Crippen LogP contribution in [0, 0.1) is 13.8 Å². The second-order valence-corrected chi connectivity index (χ2v) is 9.44. The Balaban J connectivity index is 1.84. The summed E-state index contributed by atoms with van der Waals surface area (Å²) in [6.07, 6.45) is 0. The van der Waals surface area contributed by atoms with E-state index in [-0.39, 0.29) is 18.0 Å². The number of benzene rings is 3. The molecule has 0 spiro atoms. The third-order valence-corrected chi connectivity index (χ3v) is 6.99. The van der Waals surface area contributed by atoms with Crippen molar-refractivity contribution in [3.63, 3.8) is 0 Å². The second kappa shape index (κ2) is 10.4. The van der Waals surface area contributed by atoms with Gasteiger partial charge in [0.05, 0.1) is 24.8 Å². The van der Waals surface area contributed by atoms with Gasteiger partial charge in [0.2, 0.25) is 5.91 Å². The molecule has 0 heterocycles. The van der Waals surface area contributed by atoms with Gasteiger partial charge in [0.1, 0.15) is 6.54 Å². The molecule has 33 heavy (non-hydrogen) atoms. The number of para-hydroxylation sites is 1. The van der Waals surface area contributed by atoms with Gasteiger partial charge in [-0.05, 0) is 55.3 Å². The van der Waals surface area contributed by atoms with E-state index >= 15 is 0 Å². The Kier molecular flexibility index (Phi) is 7.60. The number of amides is 1. The van der Waals surface area contributed by atoms with Gasteiger partial charge < -0.3 is 14.8 Å². The van der Waals surface area contributed by atoms with Gasteiger partial charge in [-0.3, -0.25) is 9.10 Å². The standard InChI is InChI=1S/C25H28N2O5S/c1-18-9-12-21(13-10-18)33(29,30)27(22-8-6-5-7-19(22)2)17-25(28)26-16-20-11-14-23(31-3)24(15-20)32-4/h5-15H,16-17H2,1-4H3,(H,26,28). The minimum absolute atomic E-state index is 0.129. The molecule has 0 saturated heterocycles. The van der Waals surface area contributed by atoms with Crippen molar-refractivity contribution in [2.45, 2.75) is 25.3 Å². The van der Waals surface area contributed by atoms with Crippen LogP contribution in [0.15, 0.2) is 71.6 Å². The maximum Gasteiger partial charge on any atom is 0.264 e. The lowest BCUT2D eigenvalue weighted by atomic mass is 10.2. The van der Waals surface area contributed by atoms with Crippen LogP contribution >= 0.6 is 0 Å². The molecule has 0 aromatic heterocycles. The Morgan fingerprint density at radius 2 is 1.58 bits per heavy atom. The van der Waals surface area contributed by atoms with Gasteiger partial charge in [-0.2, -0.15) is 0 Å². The summed E-state index contributed by atoms with van der Waals surface area (Å²) in [5, 5.41) is 2.80. The van der Waals surface area contributed by atoms with Gasteiger partial charge >= 0.3 is 0 Å². The molecule has 0 radical (unpaired) electrons. The normalized spacial score (nSPS) is 11.0. The zero-order valence-electron chi connectivity index (χ0n) is 19.2. The smallest absolute Gasteiger partial charge is 0.264 e. The van der Waals surface area contributed by atoms with E-state index in [4.69, 9.17) is 9.47 Å². The van der Waals surface area contributed by atoms with Crippen LogP contribution in [-0.2, 0) is 21.4 Å². The summed E-state index contributed by atoms with van der Waals surface area (Å²) in [7, 11) is -0.868. The summed E-state index contributed by atoms with van der Waals surface area (Å²) in [6.45, 7) is 3.56. The summed E-state index contributed by atoms with van der Waals surface area (Å²) in [6, 6.07) is 19.0. The zero-order valence-corrected chi connectivity index (χ0v) is 20.0. The predicted octanol–water partition coefficient (Wildman–Crippen LogP) is 3.83. The topological polar surface area (TPSA) is 84.9 Å². The van der Waals surface area contributed by atoms with E-state index < -0.39 is 15.9 Å². The molecule has 7 nitrogen and oxygen atoms in total. The molecular weight excluding hydrogens is 440 g/mol. The largest absolute Gasteiger partial charge is 0.493 e. The molecular formula is C25H28N2O5S. The third-order valence-electron chi connectivity index (χ3n) is 5.22. The predicted molar refractivity (Wildman–Crippen MR) is 128 cm³/mol. The molecule has 0 aliphatic heterocycles.